The van der Waals surface area contributed by atoms with Crippen LogP contribution in [0.25, 0.3) is 0 Å². The molecule has 2 aromatic carbocycles. The summed E-state index contributed by atoms with van der Waals surface area (Å²) in [6.45, 7) is 1.04. The Kier molecular flexibility index (Phi) is 7.21. The minimum absolute atomic E-state index is 0.00561. The molecule has 2 amide bonds. The summed E-state index contributed by atoms with van der Waals surface area (Å²) in [5.74, 6) is -1.93. The molecule has 2 saturated heterocycles. The van der Waals surface area contributed by atoms with E-state index in [9.17, 15) is 35.6 Å². The zero-order valence-electron chi connectivity index (χ0n) is 21.2. The van der Waals surface area contributed by atoms with Crippen molar-refractivity contribution in [1.29, 1.82) is 0 Å². The third-order valence-electron chi connectivity index (χ3n) is 7.79. The second kappa shape index (κ2) is 10.2. The van der Waals surface area contributed by atoms with Crippen LogP contribution in [0.15, 0.2) is 42.5 Å². The number of hydrogen-bond donors (Lipinski definition) is 1. The number of likely N-dealkylation sites (tertiary alicyclic amines) is 1. The van der Waals surface area contributed by atoms with Gasteiger partial charge in [0.15, 0.2) is 0 Å². The average Bonchev–Trinajstić information content (AvgIpc) is 3.55. The lowest BCUT2D eigenvalue weighted by molar-refractivity contribution is -0.137. The van der Waals surface area contributed by atoms with Crippen molar-refractivity contribution in [3.63, 3.8) is 0 Å². The van der Waals surface area contributed by atoms with Gasteiger partial charge in [0.25, 0.3) is 5.91 Å². The lowest BCUT2D eigenvalue weighted by atomic mass is 9.92. The van der Waals surface area contributed by atoms with Crippen molar-refractivity contribution < 1.29 is 35.6 Å². The molecular weight excluding hydrogens is 538 g/mol. The van der Waals surface area contributed by atoms with Crippen LogP contribution in [-0.4, -0.2) is 61.4 Å². The quantitative estimate of drug-likeness (QED) is 0.511. The number of amides is 2. The van der Waals surface area contributed by atoms with Crippen LogP contribution >= 0.6 is 0 Å². The zero-order valence-corrected chi connectivity index (χ0v) is 22.1. The zero-order chi connectivity index (χ0) is 28.1. The number of carbonyl (C=O) groups is 2. The van der Waals surface area contributed by atoms with Crippen molar-refractivity contribution >= 4 is 21.8 Å². The molecule has 2 aliphatic heterocycles. The Labute approximate surface area is 224 Å². The molecule has 2 atom stereocenters. The number of benzene rings is 2. The first-order valence-corrected chi connectivity index (χ1v) is 14.7. The van der Waals surface area contributed by atoms with Gasteiger partial charge in [-0.25, -0.2) is 17.1 Å². The number of nitrogens with one attached hydrogen (secondary N) is 1. The number of hydrogen-bond acceptors (Lipinski definition) is 4. The predicted octanol–water partition coefficient (Wildman–Crippen LogP) is 4.08. The molecule has 3 aliphatic rings. The molecular formula is C27H29F4N3O4S. The predicted molar refractivity (Wildman–Crippen MR) is 135 cm³/mol. The highest BCUT2D eigenvalue weighted by molar-refractivity contribution is 7.88. The fourth-order valence-electron chi connectivity index (χ4n) is 5.38. The van der Waals surface area contributed by atoms with E-state index in [4.69, 9.17) is 0 Å². The van der Waals surface area contributed by atoms with Crippen molar-refractivity contribution in [2.24, 2.45) is 5.92 Å². The standard InChI is InChI=1S/C27H29F4N3O4S/c1-39(37,38)33-14-19(15-33)17-4-2-5-18(12-17)26(36)34-11-3-6-23(34)25(35)32-24(16-7-8-16)21-10-9-20(13-22(21)28)27(29,30)31/h2,4-5,9-10,12-13,16,19,23-24H,3,6-8,11,14-15H2,1H3,(H,32,35)/t23-,24-/m1/s1. The monoisotopic (exact) mass is 567 g/mol. The molecule has 0 bridgehead atoms. The minimum Gasteiger partial charge on any atom is -0.347 e. The third kappa shape index (κ3) is 5.81. The Morgan fingerprint density at radius 3 is 2.38 bits per heavy atom. The van der Waals surface area contributed by atoms with E-state index >= 15 is 0 Å². The van der Waals surface area contributed by atoms with Crippen LogP contribution in [0.1, 0.15) is 64.7 Å². The van der Waals surface area contributed by atoms with Crippen LogP contribution in [-0.2, 0) is 21.0 Å². The molecule has 0 unspecified atom stereocenters. The second-order valence-electron chi connectivity index (χ2n) is 10.6. The van der Waals surface area contributed by atoms with Gasteiger partial charge in [0.1, 0.15) is 11.9 Å². The van der Waals surface area contributed by atoms with Crippen molar-refractivity contribution in [3.8, 4) is 0 Å². The van der Waals surface area contributed by atoms with E-state index in [2.05, 4.69) is 5.32 Å². The maximum absolute atomic E-state index is 14.7. The van der Waals surface area contributed by atoms with Gasteiger partial charge in [-0.1, -0.05) is 18.2 Å². The van der Waals surface area contributed by atoms with Crippen LogP contribution in [0.2, 0.25) is 0 Å². The molecule has 2 aromatic rings. The van der Waals surface area contributed by atoms with Gasteiger partial charge in [0, 0.05) is 36.7 Å². The Bertz CT molecular complexity index is 1390. The number of halogens is 4. The number of carbonyl (C=O) groups excluding carboxylic acids is 2. The maximum atomic E-state index is 14.7. The van der Waals surface area contributed by atoms with E-state index in [1.54, 1.807) is 18.2 Å². The summed E-state index contributed by atoms with van der Waals surface area (Å²) < 4.78 is 78.5. The Morgan fingerprint density at radius 2 is 1.77 bits per heavy atom. The molecule has 0 radical (unpaired) electrons. The largest absolute Gasteiger partial charge is 0.416 e. The van der Waals surface area contributed by atoms with Gasteiger partial charge in [-0.2, -0.15) is 13.2 Å². The Hall–Kier alpha value is -2.99. The number of sulfonamides is 1. The Morgan fingerprint density at radius 1 is 1.05 bits per heavy atom. The van der Waals surface area contributed by atoms with E-state index in [1.807, 2.05) is 6.07 Å². The van der Waals surface area contributed by atoms with Crippen LogP contribution in [0.3, 0.4) is 0 Å². The van der Waals surface area contributed by atoms with Crippen molar-refractivity contribution in [1.82, 2.24) is 14.5 Å². The summed E-state index contributed by atoms with van der Waals surface area (Å²) in [5, 5.41) is 2.82. The molecule has 1 saturated carbocycles. The first kappa shape index (κ1) is 27.6. The SMILES string of the molecule is CS(=O)(=O)N1CC(c2cccc(C(=O)N3CCC[C@@H]3C(=O)N[C@@H](c3ccc(C(F)(F)F)cc3F)C3CC3)c2)C1. The first-order chi connectivity index (χ1) is 18.3. The summed E-state index contributed by atoms with van der Waals surface area (Å²) >= 11 is 0. The normalized spacial score (nSPS) is 21.5. The summed E-state index contributed by atoms with van der Waals surface area (Å²) in [6, 6.07) is 7.72. The summed E-state index contributed by atoms with van der Waals surface area (Å²) in [5.41, 5.74) is 0.140. The summed E-state index contributed by atoms with van der Waals surface area (Å²) in [4.78, 5) is 28.2. The van der Waals surface area contributed by atoms with Gasteiger partial charge in [0.2, 0.25) is 15.9 Å². The topological polar surface area (TPSA) is 86.8 Å². The average molecular weight is 568 g/mol. The Balaban J connectivity index is 1.29. The van der Waals surface area contributed by atoms with Crippen molar-refractivity contribution in [2.45, 2.75) is 49.9 Å². The highest BCUT2D eigenvalue weighted by Crippen LogP contribution is 2.43. The van der Waals surface area contributed by atoms with E-state index in [-0.39, 0.29) is 23.3 Å². The molecule has 12 heteroatoms. The third-order valence-corrected chi connectivity index (χ3v) is 9.03. The van der Waals surface area contributed by atoms with E-state index in [0.717, 1.165) is 24.0 Å². The van der Waals surface area contributed by atoms with Crippen molar-refractivity contribution in [3.05, 3.63) is 70.5 Å². The van der Waals surface area contributed by atoms with Gasteiger partial charge >= 0.3 is 6.18 Å². The molecule has 5 rings (SSSR count). The fourth-order valence-corrected chi connectivity index (χ4v) is 6.28. The highest BCUT2D eigenvalue weighted by Gasteiger charge is 2.41. The molecule has 7 nitrogen and oxygen atoms in total. The van der Waals surface area contributed by atoms with Gasteiger partial charge in [-0.3, -0.25) is 9.59 Å². The van der Waals surface area contributed by atoms with Gasteiger partial charge in [0.05, 0.1) is 17.9 Å². The van der Waals surface area contributed by atoms with Crippen molar-refractivity contribution in [2.75, 3.05) is 25.9 Å². The van der Waals surface area contributed by atoms with Gasteiger partial charge in [-0.15, -0.1) is 0 Å². The number of alkyl halides is 3. The molecule has 3 fully saturated rings. The number of nitrogens with zero attached hydrogens (tertiary/aromatic N) is 2. The molecule has 0 aromatic heterocycles. The van der Waals surface area contributed by atoms with Gasteiger partial charge < -0.3 is 10.2 Å². The van der Waals surface area contributed by atoms with Gasteiger partial charge in [-0.05, 0) is 61.4 Å². The van der Waals surface area contributed by atoms with Crippen LogP contribution < -0.4 is 5.32 Å². The molecule has 210 valence electrons. The number of rotatable bonds is 7. The first-order valence-electron chi connectivity index (χ1n) is 12.9. The van der Waals surface area contributed by atoms with E-state index < -0.39 is 45.6 Å². The molecule has 39 heavy (non-hydrogen) atoms. The molecule has 1 N–H and O–H groups in total. The maximum Gasteiger partial charge on any atom is 0.416 e. The molecule has 1 aliphatic carbocycles. The molecule has 2 heterocycles. The second-order valence-corrected chi connectivity index (χ2v) is 12.6. The van der Waals surface area contributed by atoms with Crippen LogP contribution in [0, 0.1) is 11.7 Å². The molecule has 0 spiro atoms. The van der Waals surface area contributed by atoms with E-state index in [1.165, 1.54) is 9.21 Å². The van der Waals surface area contributed by atoms with Crippen LogP contribution in [0.4, 0.5) is 17.6 Å². The minimum atomic E-state index is -4.68. The summed E-state index contributed by atoms with van der Waals surface area (Å²) in [6.07, 6.45) is -1.09. The lowest BCUT2D eigenvalue weighted by Crippen LogP contribution is -2.48. The smallest absolute Gasteiger partial charge is 0.347 e. The fraction of sp³-hybridized carbons (Fsp3) is 0.481. The highest BCUT2D eigenvalue weighted by atomic mass is 32.2. The summed E-state index contributed by atoms with van der Waals surface area (Å²) in [7, 11) is -3.27. The van der Waals surface area contributed by atoms with E-state index in [0.29, 0.717) is 56.9 Å². The lowest BCUT2D eigenvalue weighted by Gasteiger charge is -2.37. The van der Waals surface area contributed by atoms with Crippen LogP contribution in [0.5, 0.6) is 0 Å².